The van der Waals surface area contributed by atoms with Gasteiger partial charge in [-0.25, -0.2) is 4.39 Å². The Hall–Kier alpha value is -1.40. The lowest BCUT2D eigenvalue weighted by Crippen LogP contribution is -2.03. The molecule has 3 heteroatoms. The van der Waals surface area contributed by atoms with Crippen LogP contribution in [0.2, 0.25) is 0 Å². The molecule has 0 unspecified atom stereocenters. The molecule has 80 valence electrons. The van der Waals surface area contributed by atoms with Crippen molar-refractivity contribution in [3.05, 3.63) is 35.1 Å². The summed E-state index contributed by atoms with van der Waals surface area (Å²) in [6, 6.07) is 6.12. The van der Waals surface area contributed by atoms with Gasteiger partial charge in [0, 0.05) is 6.61 Å². The van der Waals surface area contributed by atoms with E-state index in [0.29, 0.717) is 30.3 Å². The smallest absolute Gasteiger partial charge is 0.123 e. The Bertz CT molecular complexity index is 368. The zero-order chi connectivity index (χ0) is 11.3. The van der Waals surface area contributed by atoms with Gasteiger partial charge in [-0.2, -0.15) is 5.26 Å². The molecule has 0 saturated heterocycles. The number of hydrogen-bond donors (Lipinski definition) is 0. The Kier molecular flexibility index (Phi) is 4.26. The van der Waals surface area contributed by atoms with Crippen molar-refractivity contribution in [3.63, 3.8) is 0 Å². The molecule has 0 aromatic heterocycles. The van der Waals surface area contributed by atoms with Crippen molar-refractivity contribution in [1.82, 2.24) is 0 Å². The summed E-state index contributed by atoms with van der Waals surface area (Å²) in [6.07, 6.45) is 0. The van der Waals surface area contributed by atoms with Gasteiger partial charge in [-0.3, -0.25) is 0 Å². The first-order chi connectivity index (χ1) is 7.13. The predicted molar refractivity (Wildman–Crippen MR) is 55.6 cm³/mol. The van der Waals surface area contributed by atoms with Crippen molar-refractivity contribution in [2.24, 2.45) is 5.92 Å². The highest BCUT2D eigenvalue weighted by atomic mass is 19.1. The first kappa shape index (κ1) is 11.7. The summed E-state index contributed by atoms with van der Waals surface area (Å²) < 4.78 is 18.3. The third-order valence-corrected chi connectivity index (χ3v) is 1.90. The van der Waals surface area contributed by atoms with Crippen LogP contribution in [0.15, 0.2) is 18.2 Å². The molecule has 0 N–H and O–H groups in total. The van der Waals surface area contributed by atoms with Gasteiger partial charge >= 0.3 is 0 Å². The van der Waals surface area contributed by atoms with Crippen LogP contribution in [0.1, 0.15) is 25.0 Å². The quantitative estimate of drug-likeness (QED) is 0.760. The summed E-state index contributed by atoms with van der Waals surface area (Å²) in [7, 11) is 0. The van der Waals surface area contributed by atoms with Crippen molar-refractivity contribution in [3.8, 4) is 6.07 Å². The van der Waals surface area contributed by atoms with Gasteiger partial charge in [-0.1, -0.05) is 13.8 Å². The lowest BCUT2D eigenvalue weighted by atomic mass is 10.1. The molecule has 0 aliphatic carbocycles. The second-order valence-corrected chi connectivity index (χ2v) is 3.82. The molecule has 0 fully saturated rings. The van der Waals surface area contributed by atoms with Gasteiger partial charge < -0.3 is 4.74 Å². The molecule has 15 heavy (non-hydrogen) atoms. The second kappa shape index (κ2) is 5.47. The van der Waals surface area contributed by atoms with Crippen LogP contribution < -0.4 is 0 Å². The third-order valence-electron chi connectivity index (χ3n) is 1.90. The summed E-state index contributed by atoms with van der Waals surface area (Å²) in [5, 5.41) is 8.79. The van der Waals surface area contributed by atoms with Gasteiger partial charge in [0.2, 0.25) is 0 Å². The normalized spacial score (nSPS) is 10.3. The molecule has 0 saturated carbocycles. The van der Waals surface area contributed by atoms with Crippen LogP contribution >= 0.6 is 0 Å². The average molecular weight is 207 g/mol. The number of benzene rings is 1. The van der Waals surface area contributed by atoms with E-state index < -0.39 is 0 Å². The zero-order valence-corrected chi connectivity index (χ0v) is 8.96. The van der Waals surface area contributed by atoms with Crippen LogP contribution in [0.5, 0.6) is 0 Å². The van der Waals surface area contributed by atoms with Crippen LogP contribution in [0.3, 0.4) is 0 Å². The van der Waals surface area contributed by atoms with Crippen molar-refractivity contribution < 1.29 is 9.13 Å². The molecule has 0 heterocycles. The highest BCUT2D eigenvalue weighted by Crippen LogP contribution is 2.12. The molecule has 1 aromatic rings. The maximum Gasteiger partial charge on any atom is 0.123 e. The molecule has 0 radical (unpaired) electrons. The Morgan fingerprint density at radius 1 is 1.47 bits per heavy atom. The molecule has 0 aliphatic rings. The van der Waals surface area contributed by atoms with E-state index in [4.69, 9.17) is 10.00 Å². The summed E-state index contributed by atoms with van der Waals surface area (Å²) >= 11 is 0. The van der Waals surface area contributed by atoms with Gasteiger partial charge in [0.05, 0.1) is 18.2 Å². The molecule has 0 bridgehead atoms. The van der Waals surface area contributed by atoms with E-state index in [9.17, 15) is 4.39 Å². The minimum absolute atomic E-state index is 0.291. The van der Waals surface area contributed by atoms with E-state index in [1.165, 1.54) is 18.2 Å². The maximum atomic E-state index is 12.9. The molecule has 2 nitrogen and oxygen atoms in total. The Morgan fingerprint density at radius 3 is 2.80 bits per heavy atom. The van der Waals surface area contributed by atoms with Gasteiger partial charge in [0.1, 0.15) is 5.82 Å². The summed E-state index contributed by atoms with van der Waals surface area (Å²) in [5.41, 5.74) is 1.08. The molecular formula is C12H14FNO. The van der Waals surface area contributed by atoms with E-state index in [-0.39, 0.29) is 5.82 Å². The summed E-state index contributed by atoms with van der Waals surface area (Å²) in [5.74, 6) is 0.0984. The Balaban J connectivity index is 2.67. The molecule has 0 amide bonds. The average Bonchev–Trinajstić information content (AvgIpc) is 2.17. The standard InChI is InChI=1S/C12H14FNO/c1-9(2)7-15-8-11-5-12(13)4-3-10(11)6-14/h3-5,9H,7-8H2,1-2H3. The Morgan fingerprint density at radius 2 is 2.20 bits per heavy atom. The maximum absolute atomic E-state index is 12.9. The molecule has 1 aromatic carbocycles. The van der Waals surface area contributed by atoms with Crippen LogP contribution in [0.4, 0.5) is 4.39 Å². The van der Waals surface area contributed by atoms with Gasteiger partial charge in [0.15, 0.2) is 0 Å². The fraction of sp³-hybridized carbons (Fsp3) is 0.417. The molecule has 0 aliphatic heterocycles. The lowest BCUT2D eigenvalue weighted by Gasteiger charge is -2.08. The van der Waals surface area contributed by atoms with Crippen molar-refractivity contribution >= 4 is 0 Å². The van der Waals surface area contributed by atoms with Gasteiger partial charge in [0.25, 0.3) is 0 Å². The predicted octanol–water partition coefficient (Wildman–Crippen LogP) is 2.87. The van der Waals surface area contributed by atoms with Crippen molar-refractivity contribution in [2.45, 2.75) is 20.5 Å². The fourth-order valence-electron chi connectivity index (χ4n) is 1.20. The molecular weight excluding hydrogens is 193 g/mol. The number of nitriles is 1. The van der Waals surface area contributed by atoms with Gasteiger partial charge in [-0.15, -0.1) is 0 Å². The minimum Gasteiger partial charge on any atom is -0.376 e. The van der Waals surface area contributed by atoms with E-state index in [0.717, 1.165) is 0 Å². The van der Waals surface area contributed by atoms with Crippen LogP contribution in [0, 0.1) is 23.1 Å². The lowest BCUT2D eigenvalue weighted by molar-refractivity contribution is 0.0968. The summed E-state index contributed by atoms with van der Waals surface area (Å²) in [6.45, 7) is 4.98. The van der Waals surface area contributed by atoms with Crippen molar-refractivity contribution in [1.29, 1.82) is 5.26 Å². The van der Waals surface area contributed by atoms with E-state index in [1.54, 1.807) is 0 Å². The fourth-order valence-corrected chi connectivity index (χ4v) is 1.20. The van der Waals surface area contributed by atoms with Crippen LogP contribution in [-0.4, -0.2) is 6.61 Å². The first-order valence-electron chi connectivity index (χ1n) is 4.89. The minimum atomic E-state index is -0.336. The monoisotopic (exact) mass is 207 g/mol. The van der Waals surface area contributed by atoms with E-state index in [1.807, 2.05) is 19.9 Å². The number of rotatable bonds is 4. The molecule has 1 rings (SSSR count). The largest absolute Gasteiger partial charge is 0.376 e. The number of hydrogen-bond acceptors (Lipinski definition) is 2. The van der Waals surface area contributed by atoms with E-state index in [2.05, 4.69) is 0 Å². The first-order valence-corrected chi connectivity index (χ1v) is 4.89. The van der Waals surface area contributed by atoms with Gasteiger partial charge in [-0.05, 0) is 29.7 Å². The Labute approximate surface area is 89.3 Å². The second-order valence-electron chi connectivity index (χ2n) is 3.82. The number of ether oxygens (including phenoxy) is 1. The highest BCUT2D eigenvalue weighted by Gasteiger charge is 2.04. The number of halogens is 1. The van der Waals surface area contributed by atoms with Crippen LogP contribution in [-0.2, 0) is 11.3 Å². The molecule has 0 spiro atoms. The molecule has 0 atom stereocenters. The highest BCUT2D eigenvalue weighted by molar-refractivity contribution is 5.37. The summed E-state index contributed by atoms with van der Waals surface area (Å²) in [4.78, 5) is 0. The van der Waals surface area contributed by atoms with Crippen LogP contribution in [0.25, 0.3) is 0 Å². The van der Waals surface area contributed by atoms with Crippen molar-refractivity contribution in [2.75, 3.05) is 6.61 Å². The SMILES string of the molecule is CC(C)COCc1cc(F)ccc1C#N. The third kappa shape index (κ3) is 3.69. The topological polar surface area (TPSA) is 33.0 Å². The number of nitrogens with zero attached hydrogens (tertiary/aromatic N) is 1. The van der Waals surface area contributed by atoms with E-state index >= 15 is 0 Å². The zero-order valence-electron chi connectivity index (χ0n) is 8.96.